The minimum Gasteiger partial charge on any atom is -0.225 e. The molecule has 14 heavy (non-hydrogen) atoms. The number of sulfonamides is 1. The van der Waals surface area contributed by atoms with Gasteiger partial charge in [-0.3, -0.25) is 0 Å². The fraction of sp³-hybridized carbons (Fsp3) is 0.333. The van der Waals surface area contributed by atoms with Crippen LogP contribution in [0.2, 0.25) is 0 Å². The molecule has 2 rings (SSSR count). The average molecular weight is 215 g/mol. The minimum absolute atomic E-state index is 0.0569. The molecule has 0 aromatic heterocycles. The first-order chi connectivity index (χ1) is 6.48. The number of halogens is 1. The molecule has 0 radical (unpaired) electrons. The van der Waals surface area contributed by atoms with Gasteiger partial charge in [0.05, 0.1) is 4.90 Å². The maximum Gasteiger partial charge on any atom is 0.238 e. The lowest BCUT2D eigenvalue weighted by Gasteiger charge is -2.05. The highest BCUT2D eigenvalue weighted by Crippen LogP contribution is 2.42. The van der Waals surface area contributed by atoms with Crippen molar-refractivity contribution < 1.29 is 12.8 Å². The molecule has 76 valence electrons. The quantitative estimate of drug-likeness (QED) is 0.809. The molecule has 5 heteroatoms. The van der Waals surface area contributed by atoms with E-state index >= 15 is 0 Å². The molecule has 0 unspecified atom stereocenters. The lowest BCUT2D eigenvalue weighted by molar-refractivity contribution is 0.594. The molecule has 1 aliphatic carbocycles. The third-order valence-electron chi connectivity index (χ3n) is 2.30. The summed E-state index contributed by atoms with van der Waals surface area (Å²) in [6.45, 7) is 0. The van der Waals surface area contributed by atoms with Gasteiger partial charge in [0.1, 0.15) is 5.82 Å². The highest BCUT2D eigenvalue weighted by molar-refractivity contribution is 7.89. The molecular formula is C9H10FNO2S. The highest BCUT2D eigenvalue weighted by atomic mass is 32.2. The van der Waals surface area contributed by atoms with Crippen molar-refractivity contribution in [3.8, 4) is 0 Å². The average Bonchev–Trinajstić information content (AvgIpc) is 2.83. The summed E-state index contributed by atoms with van der Waals surface area (Å²) in [5.41, 5.74) is 0.521. The van der Waals surface area contributed by atoms with Crippen molar-refractivity contribution in [2.45, 2.75) is 23.7 Å². The lowest BCUT2D eigenvalue weighted by Crippen LogP contribution is -2.14. The molecule has 1 aliphatic rings. The van der Waals surface area contributed by atoms with Gasteiger partial charge in [-0.25, -0.2) is 17.9 Å². The van der Waals surface area contributed by atoms with E-state index in [4.69, 9.17) is 5.14 Å². The molecule has 0 amide bonds. The maximum absolute atomic E-state index is 12.9. The summed E-state index contributed by atoms with van der Waals surface area (Å²) in [6.07, 6.45) is 1.82. The molecular weight excluding hydrogens is 205 g/mol. The number of hydrogen-bond acceptors (Lipinski definition) is 2. The zero-order valence-electron chi connectivity index (χ0n) is 7.40. The molecule has 1 fully saturated rings. The lowest BCUT2D eigenvalue weighted by atomic mass is 10.1. The van der Waals surface area contributed by atoms with Gasteiger partial charge in [0.2, 0.25) is 10.0 Å². The number of rotatable bonds is 2. The largest absolute Gasteiger partial charge is 0.238 e. The summed E-state index contributed by atoms with van der Waals surface area (Å²) in [4.78, 5) is 0.0569. The van der Waals surface area contributed by atoms with Gasteiger partial charge in [-0.2, -0.15) is 0 Å². The minimum atomic E-state index is -3.72. The Hall–Kier alpha value is -0.940. The van der Waals surface area contributed by atoms with Crippen LogP contribution < -0.4 is 5.14 Å². The van der Waals surface area contributed by atoms with Crippen LogP contribution in [0.5, 0.6) is 0 Å². The molecule has 0 spiro atoms. The molecule has 0 heterocycles. The second-order valence-corrected chi connectivity index (χ2v) is 5.03. The normalized spacial score (nSPS) is 17.0. The smallest absolute Gasteiger partial charge is 0.225 e. The van der Waals surface area contributed by atoms with Crippen LogP contribution in [0.25, 0.3) is 0 Å². The summed E-state index contributed by atoms with van der Waals surface area (Å²) in [6, 6.07) is 3.61. The SMILES string of the molecule is NS(=O)(=O)c1ccc(F)cc1C1CC1. The Morgan fingerprint density at radius 1 is 1.36 bits per heavy atom. The Kier molecular flexibility index (Phi) is 2.08. The third kappa shape index (κ3) is 1.78. The highest BCUT2D eigenvalue weighted by Gasteiger charge is 2.29. The Morgan fingerprint density at radius 3 is 2.50 bits per heavy atom. The molecule has 2 N–H and O–H groups in total. The van der Waals surface area contributed by atoms with Gasteiger partial charge in [0, 0.05) is 0 Å². The van der Waals surface area contributed by atoms with Crippen molar-refractivity contribution in [3.05, 3.63) is 29.6 Å². The zero-order valence-corrected chi connectivity index (χ0v) is 8.22. The predicted octanol–water partition coefficient (Wildman–Crippen LogP) is 1.35. The van der Waals surface area contributed by atoms with Gasteiger partial charge in [-0.15, -0.1) is 0 Å². The van der Waals surface area contributed by atoms with Crippen LogP contribution in [0, 0.1) is 5.82 Å². The van der Waals surface area contributed by atoms with E-state index in [-0.39, 0.29) is 10.8 Å². The van der Waals surface area contributed by atoms with E-state index < -0.39 is 15.8 Å². The molecule has 0 bridgehead atoms. The van der Waals surface area contributed by atoms with Gasteiger partial charge in [-0.05, 0) is 42.5 Å². The topological polar surface area (TPSA) is 60.2 Å². The van der Waals surface area contributed by atoms with Gasteiger partial charge in [0.15, 0.2) is 0 Å². The van der Waals surface area contributed by atoms with E-state index in [0.29, 0.717) is 5.56 Å². The molecule has 3 nitrogen and oxygen atoms in total. The van der Waals surface area contributed by atoms with Crippen molar-refractivity contribution in [1.29, 1.82) is 0 Å². The van der Waals surface area contributed by atoms with Crippen LogP contribution >= 0.6 is 0 Å². The van der Waals surface area contributed by atoms with E-state index in [1.54, 1.807) is 0 Å². The van der Waals surface area contributed by atoms with Crippen LogP contribution in [-0.4, -0.2) is 8.42 Å². The Labute approximate surface area is 81.8 Å². The van der Waals surface area contributed by atoms with E-state index in [0.717, 1.165) is 18.9 Å². The second-order valence-electron chi connectivity index (χ2n) is 3.50. The molecule has 1 saturated carbocycles. The standard InChI is InChI=1S/C9H10FNO2S/c10-7-3-4-9(14(11,12)13)8(5-7)6-1-2-6/h3-6H,1-2H2,(H2,11,12,13). The second kappa shape index (κ2) is 3.03. The van der Waals surface area contributed by atoms with Crippen LogP contribution in [-0.2, 0) is 10.0 Å². The van der Waals surface area contributed by atoms with Crippen molar-refractivity contribution in [2.75, 3.05) is 0 Å². The van der Waals surface area contributed by atoms with Crippen molar-refractivity contribution >= 4 is 10.0 Å². The maximum atomic E-state index is 12.9. The monoisotopic (exact) mass is 215 g/mol. The van der Waals surface area contributed by atoms with Crippen molar-refractivity contribution in [2.24, 2.45) is 5.14 Å². The number of nitrogens with two attached hydrogens (primary N) is 1. The van der Waals surface area contributed by atoms with E-state index in [1.807, 2.05) is 0 Å². The van der Waals surface area contributed by atoms with Gasteiger partial charge < -0.3 is 0 Å². The van der Waals surface area contributed by atoms with Crippen LogP contribution in [0.1, 0.15) is 24.3 Å². The first-order valence-corrected chi connectivity index (χ1v) is 5.85. The number of benzene rings is 1. The summed E-state index contributed by atoms with van der Waals surface area (Å²) in [7, 11) is -3.72. The van der Waals surface area contributed by atoms with Crippen LogP contribution in [0.4, 0.5) is 4.39 Å². The zero-order chi connectivity index (χ0) is 10.3. The number of primary sulfonamides is 1. The first kappa shape index (κ1) is 9.61. The van der Waals surface area contributed by atoms with Crippen LogP contribution in [0.3, 0.4) is 0 Å². The third-order valence-corrected chi connectivity index (χ3v) is 3.28. The van der Waals surface area contributed by atoms with E-state index in [9.17, 15) is 12.8 Å². The molecule has 0 aliphatic heterocycles. The van der Waals surface area contributed by atoms with Crippen molar-refractivity contribution in [3.63, 3.8) is 0 Å². The number of hydrogen-bond donors (Lipinski definition) is 1. The Bertz CT molecular complexity index is 466. The Morgan fingerprint density at radius 2 is 2.00 bits per heavy atom. The van der Waals surface area contributed by atoms with Gasteiger partial charge >= 0.3 is 0 Å². The summed E-state index contributed by atoms with van der Waals surface area (Å²) < 4.78 is 35.2. The molecule has 1 aromatic rings. The molecule has 0 atom stereocenters. The first-order valence-electron chi connectivity index (χ1n) is 4.31. The summed E-state index contributed by atoms with van der Waals surface area (Å²) in [5.74, 6) is -0.252. The fourth-order valence-electron chi connectivity index (χ4n) is 1.49. The van der Waals surface area contributed by atoms with E-state index in [1.165, 1.54) is 12.1 Å². The van der Waals surface area contributed by atoms with Crippen molar-refractivity contribution in [1.82, 2.24) is 0 Å². The predicted molar refractivity (Wildman–Crippen MR) is 49.7 cm³/mol. The van der Waals surface area contributed by atoms with Gasteiger partial charge in [-0.1, -0.05) is 0 Å². The van der Waals surface area contributed by atoms with Crippen LogP contribution in [0.15, 0.2) is 23.1 Å². The fourth-order valence-corrected chi connectivity index (χ4v) is 2.30. The molecule has 1 aromatic carbocycles. The Balaban J connectivity index is 2.59. The van der Waals surface area contributed by atoms with Gasteiger partial charge in [0.25, 0.3) is 0 Å². The summed E-state index contributed by atoms with van der Waals surface area (Å²) in [5, 5.41) is 5.02. The summed E-state index contributed by atoms with van der Waals surface area (Å²) >= 11 is 0. The van der Waals surface area contributed by atoms with E-state index in [2.05, 4.69) is 0 Å². The molecule has 0 saturated heterocycles.